The maximum absolute atomic E-state index is 3.79. The van der Waals surface area contributed by atoms with Crippen LogP contribution in [-0.4, -0.2) is 6.54 Å². The van der Waals surface area contributed by atoms with Crippen LogP contribution >= 0.6 is 33.9 Å². The van der Waals surface area contributed by atoms with E-state index in [1.54, 1.807) is 0 Å². The third-order valence-corrected chi connectivity index (χ3v) is 6.86. The van der Waals surface area contributed by atoms with Gasteiger partial charge in [0.1, 0.15) is 0 Å². The molecule has 2 aliphatic rings. The van der Waals surface area contributed by atoms with Crippen LogP contribution in [0, 0.1) is 20.6 Å². The third kappa shape index (κ3) is 3.35. The Morgan fingerprint density at radius 2 is 2.32 bits per heavy atom. The molecule has 1 nitrogen and oxygen atoms in total. The highest BCUT2D eigenvalue weighted by Gasteiger charge is 2.40. The number of nitrogens with one attached hydrogen (secondary N) is 1. The number of rotatable bonds is 6. The van der Waals surface area contributed by atoms with E-state index < -0.39 is 0 Å². The van der Waals surface area contributed by atoms with E-state index in [1.807, 2.05) is 11.3 Å². The van der Waals surface area contributed by atoms with Gasteiger partial charge >= 0.3 is 0 Å². The van der Waals surface area contributed by atoms with E-state index in [2.05, 4.69) is 46.3 Å². The highest BCUT2D eigenvalue weighted by molar-refractivity contribution is 14.1. The van der Waals surface area contributed by atoms with Gasteiger partial charge in [0.25, 0.3) is 0 Å². The molecule has 19 heavy (non-hydrogen) atoms. The molecule has 0 amide bonds. The van der Waals surface area contributed by atoms with Crippen molar-refractivity contribution in [3.63, 3.8) is 0 Å². The van der Waals surface area contributed by atoms with Gasteiger partial charge in [-0.25, -0.2) is 0 Å². The molecule has 0 aliphatic heterocycles. The molecular weight excluding hydrogens is 365 g/mol. The molecule has 3 rings (SSSR count). The lowest BCUT2D eigenvalue weighted by Gasteiger charge is -2.27. The molecule has 2 bridgehead atoms. The van der Waals surface area contributed by atoms with Crippen molar-refractivity contribution >= 4 is 33.9 Å². The summed E-state index contributed by atoms with van der Waals surface area (Å²) < 4.78 is 1.42. The number of thiophene rings is 1. The first-order valence-corrected chi connectivity index (χ1v) is 9.69. The summed E-state index contributed by atoms with van der Waals surface area (Å²) in [7, 11) is 0. The van der Waals surface area contributed by atoms with Crippen LogP contribution in [0.3, 0.4) is 0 Å². The largest absolute Gasteiger partial charge is 0.310 e. The maximum atomic E-state index is 3.79. The van der Waals surface area contributed by atoms with Crippen LogP contribution in [-0.2, 0) is 0 Å². The molecule has 0 spiro atoms. The molecule has 1 aromatic rings. The van der Waals surface area contributed by atoms with Gasteiger partial charge in [0.05, 0.1) is 2.88 Å². The van der Waals surface area contributed by atoms with Crippen LogP contribution in [0.15, 0.2) is 11.4 Å². The van der Waals surface area contributed by atoms with E-state index in [0.717, 1.165) is 24.3 Å². The van der Waals surface area contributed by atoms with Gasteiger partial charge in [0.2, 0.25) is 0 Å². The summed E-state index contributed by atoms with van der Waals surface area (Å²) in [5.74, 6) is 3.11. The third-order valence-electron chi connectivity index (χ3n) is 5.05. The van der Waals surface area contributed by atoms with E-state index in [4.69, 9.17) is 0 Å². The zero-order chi connectivity index (χ0) is 13.2. The Kier molecular flexibility index (Phi) is 4.86. The predicted molar refractivity (Wildman–Crippen MR) is 91.6 cm³/mol. The van der Waals surface area contributed by atoms with Gasteiger partial charge in [-0.2, -0.15) is 0 Å². The first-order valence-electron chi connectivity index (χ1n) is 7.73. The van der Waals surface area contributed by atoms with E-state index in [0.29, 0.717) is 6.04 Å². The van der Waals surface area contributed by atoms with Gasteiger partial charge in [-0.3, -0.25) is 0 Å². The molecular formula is C16H24INS. The molecule has 0 radical (unpaired) electrons. The summed E-state index contributed by atoms with van der Waals surface area (Å²) >= 11 is 4.33. The number of hydrogen-bond acceptors (Lipinski definition) is 2. The van der Waals surface area contributed by atoms with Crippen molar-refractivity contribution in [3.05, 3.63) is 19.9 Å². The fourth-order valence-electron chi connectivity index (χ4n) is 4.13. The quantitative estimate of drug-likeness (QED) is 0.658. The molecule has 0 aromatic carbocycles. The summed E-state index contributed by atoms with van der Waals surface area (Å²) in [4.78, 5) is 0. The molecule has 2 fully saturated rings. The van der Waals surface area contributed by atoms with E-state index >= 15 is 0 Å². The van der Waals surface area contributed by atoms with Gasteiger partial charge in [0.15, 0.2) is 0 Å². The Hall–Kier alpha value is 0.390. The lowest BCUT2D eigenvalue weighted by Crippen LogP contribution is -2.26. The summed E-state index contributed by atoms with van der Waals surface area (Å²) in [6, 6.07) is 2.98. The van der Waals surface area contributed by atoms with Crippen molar-refractivity contribution in [3.8, 4) is 0 Å². The first kappa shape index (κ1) is 14.3. The molecule has 106 valence electrons. The van der Waals surface area contributed by atoms with Crippen LogP contribution in [0.2, 0.25) is 0 Å². The van der Waals surface area contributed by atoms with Crippen molar-refractivity contribution in [2.75, 3.05) is 6.54 Å². The molecule has 4 unspecified atom stereocenters. The van der Waals surface area contributed by atoms with E-state index in [1.165, 1.54) is 47.0 Å². The molecule has 1 heterocycles. The lowest BCUT2D eigenvalue weighted by molar-refractivity contribution is 0.279. The Morgan fingerprint density at radius 3 is 2.89 bits per heavy atom. The van der Waals surface area contributed by atoms with Crippen molar-refractivity contribution < 1.29 is 0 Å². The minimum Gasteiger partial charge on any atom is -0.310 e. The Labute approximate surface area is 134 Å². The highest BCUT2D eigenvalue weighted by Crippen LogP contribution is 2.51. The van der Waals surface area contributed by atoms with Crippen molar-refractivity contribution in [1.29, 1.82) is 0 Å². The average Bonchev–Trinajstić information content (AvgIpc) is 3.10. The second-order valence-corrected chi connectivity index (χ2v) is 9.17. The molecule has 2 saturated carbocycles. The first-order chi connectivity index (χ1) is 9.26. The van der Waals surface area contributed by atoms with Crippen molar-refractivity contribution in [1.82, 2.24) is 5.32 Å². The second-order valence-electron chi connectivity index (χ2n) is 6.36. The zero-order valence-electron chi connectivity index (χ0n) is 11.7. The fourth-order valence-corrected chi connectivity index (χ4v) is 5.56. The Morgan fingerprint density at radius 1 is 1.42 bits per heavy atom. The van der Waals surface area contributed by atoms with Crippen LogP contribution < -0.4 is 5.32 Å². The van der Waals surface area contributed by atoms with Gasteiger partial charge in [-0.15, -0.1) is 11.3 Å². The smallest absolute Gasteiger partial charge is 0.0656 e. The monoisotopic (exact) mass is 389 g/mol. The lowest BCUT2D eigenvalue weighted by atomic mass is 9.83. The minimum absolute atomic E-state index is 0.601. The number of fused-ring (bicyclic) bond motifs is 2. The van der Waals surface area contributed by atoms with E-state index in [9.17, 15) is 0 Å². The van der Waals surface area contributed by atoms with Crippen molar-refractivity contribution in [2.24, 2.45) is 17.8 Å². The Balaban J connectivity index is 1.65. The van der Waals surface area contributed by atoms with Gasteiger partial charge in [-0.05, 0) is 96.0 Å². The molecule has 2 aliphatic carbocycles. The van der Waals surface area contributed by atoms with Crippen LogP contribution in [0.1, 0.15) is 57.1 Å². The minimum atomic E-state index is 0.601. The SMILES string of the molecule is CCCNC(CC1CC2CCC1C2)c1csc(I)c1. The van der Waals surface area contributed by atoms with Gasteiger partial charge < -0.3 is 5.32 Å². The highest BCUT2D eigenvalue weighted by atomic mass is 127. The van der Waals surface area contributed by atoms with Crippen LogP contribution in [0.5, 0.6) is 0 Å². The topological polar surface area (TPSA) is 12.0 Å². The molecule has 4 atom stereocenters. The van der Waals surface area contributed by atoms with E-state index in [-0.39, 0.29) is 0 Å². The summed E-state index contributed by atoms with van der Waals surface area (Å²) in [6.45, 7) is 3.41. The van der Waals surface area contributed by atoms with Gasteiger partial charge in [-0.1, -0.05) is 13.3 Å². The molecule has 1 N–H and O–H groups in total. The standard InChI is InChI=1S/C16H24INS/c1-2-5-18-15(14-9-16(17)19-10-14)8-13-7-11-3-4-12(13)6-11/h9-13,15,18H,2-8H2,1H3. The Bertz CT molecular complexity index is 417. The molecule has 1 aromatic heterocycles. The van der Waals surface area contributed by atoms with Gasteiger partial charge in [0, 0.05) is 6.04 Å². The maximum Gasteiger partial charge on any atom is 0.0656 e. The van der Waals surface area contributed by atoms with Crippen LogP contribution in [0.25, 0.3) is 0 Å². The summed E-state index contributed by atoms with van der Waals surface area (Å²) in [5.41, 5.74) is 1.53. The van der Waals surface area contributed by atoms with Crippen LogP contribution in [0.4, 0.5) is 0 Å². The van der Waals surface area contributed by atoms with Crippen molar-refractivity contribution in [2.45, 2.75) is 51.5 Å². The predicted octanol–water partition coefficient (Wildman–Crippen LogP) is 5.22. The fraction of sp³-hybridized carbons (Fsp3) is 0.750. The second kappa shape index (κ2) is 6.44. The summed E-state index contributed by atoms with van der Waals surface area (Å²) in [5, 5.41) is 6.15. The number of hydrogen-bond donors (Lipinski definition) is 1. The summed E-state index contributed by atoms with van der Waals surface area (Å²) in [6.07, 6.45) is 8.67. The average molecular weight is 389 g/mol. The zero-order valence-corrected chi connectivity index (χ0v) is 14.7. The number of halogens is 1. The molecule has 3 heteroatoms. The normalized spacial score (nSPS) is 30.9. The molecule has 0 saturated heterocycles.